The van der Waals surface area contributed by atoms with E-state index in [2.05, 4.69) is 0 Å². The molecule has 0 aromatic carbocycles. The molecule has 4 heteroatoms. The zero-order chi connectivity index (χ0) is 7.66. The summed E-state index contributed by atoms with van der Waals surface area (Å²) >= 11 is 0. The van der Waals surface area contributed by atoms with Crippen molar-refractivity contribution in [3.8, 4) is 0 Å². The van der Waals surface area contributed by atoms with Crippen LogP contribution in [0.2, 0.25) is 0 Å². The summed E-state index contributed by atoms with van der Waals surface area (Å²) in [7, 11) is 0. The van der Waals surface area contributed by atoms with Crippen molar-refractivity contribution >= 4 is 0 Å². The van der Waals surface area contributed by atoms with Crippen molar-refractivity contribution in [2.24, 2.45) is 0 Å². The maximum atomic E-state index is 6.75. The first-order valence-corrected chi connectivity index (χ1v) is 2.73. The largest absolute Gasteiger partial charge is 0.373 e. The number of allylic oxidation sites excluding steroid dienone is 4. The molecule has 0 bridgehead atoms. The normalized spacial score (nSPS) is 12.8. The van der Waals surface area contributed by atoms with Gasteiger partial charge in [0.25, 0.3) is 0 Å². The van der Waals surface area contributed by atoms with Crippen LogP contribution in [-0.2, 0) is 0 Å². The summed E-state index contributed by atoms with van der Waals surface area (Å²) in [5.74, 6) is 0. The standard InChI is InChI=1S/C6H7N.N3/c1-2-4-6-7-5-3-1;1-3-2/h1-7H;/q;-1/p+1. The number of rotatable bonds is 0. The van der Waals surface area contributed by atoms with E-state index in [-0.39, 0.29) is 0 Å². The average molecular weight is 136 g/mol. The lowest BCUT2D eigenvalue weighted by atomic mass is 10.5. The number of hydrogen-bond acceptors (Lipinski definition) is 0. The van der Waals surface area contributed by atoms with Gasteiger partial charge in [0.15, 0.2) is 0 Å². The van der Waals surface area contributed by atoms with Gasteiger partial charge in [-0.3, -0.25) is 10.2 Å². The molecule has 0 fully saturated rings. The molecular formula is C6H8N4. The number of nitrogens with zero attached hydrogens (tertiary/aromatic N) is 3. The molecular weight excluding hydrogens is 128 g/mol. The molecule has 0 spiro atoms. The lowest BCUT2D eigenvalue weighted by Gasteiger charge is -1.71. The van der Waals surface area contributed by atoms with Crippen molar-refractivity contribution in [2.45, 2.75) is 0 Å². The topological polar surface area (TPSA) is 75.3 Å². The Bertz CT molecular complexity index is 170. The van der Waals surface area contributed by atoms with Crippen LogP contribution in [-0.4, -0.2) is 0 Å². The summed E-state index contributed by atoms with van der Waals surface area (Å²) in [6.07, 6.45) is 12.0. The Morgan fingerprint density at radius 3 is 1.70 bits per heavy atom. The van der Waals surface area contributed by atoms with Gasteiger partial charge in [0.2, 0.25) is 0 Å². The molecule has 0 aromatic rings. The van der Waals surface area contributed by atoms with Gasteiger partial charge in [0, 0.05) is 0 Å². The van der Waals surface area contributed by atoms with Gasteiger partial charge < -0.3 is 11.1 Å². The van der Waals surface area contributed by atoms with Gasteiger partial charge in [0.1, 0.15) is 0 Å². The van der Waals surface area contributed by atoms with Crippen LogP contribution in [0, 0.1) is 0 Å². The highest BCUT2D eigenvalue weighted by Crippen LogP contribution is 1.76. The second kappa shape index (κ2) is 7.49. The van der Waals surface area contributed by atoms with Crippen molar-refractivity contribution in [3.63, 3.8) is 0 Å². The second-order valence-electron chi connectivity index (χ2n) is 1.44. The quantitative estimate of drug-likeness (QED) is 0.293. The fraction of sp³-hybridized carbons (Fsp3) is 0. The van der Waals surface area contributed by atoms with Gasteiger partial charge >= 0.3 is 0 Å². The van der Waals surface area contributed by atoms with Crippen LogP contribution in [0.15, 0.2) is 36.7 Å². The lowest BCUT2D eigenvalue weighted by molar-refractivity contribution is -0.513. The average Bonchev–Trinajstić information content (AvgIpc) is 2.17. The minimum atomic E-state index is 1.50. The number of hydrogen-bond donors (Lipinski definition) is 1. The van der Waals surface area contributed by atoms with Crippen molar-refractivity contribution in [2.75, 3.05) is 0 Å². The van der Waals surface area contributed by atoms with E-state index in [1.165, 1.54) is 4.91 Å². The van der Waals surface area contributed by atoms with Gasteiger partial charge in [-0.25, -0.2) is 0 Å². The van der Waals surface area contributed by atoms with E-state index >= 15 is 0 Å². The summed E-state index contributed by atoms with van der Waals surface area (Å²) in [5, 5.41) is 2.00. The fourth-order valence-electron chi connectivity index (χ4n) is 0.449. The summed E-state index contributed by atoms with van der Waals surface area (Å²) in [6, 6.07) is 0. The van der Waals surface area contributed by atoms with Crippen molar-refractivity contribution in [1.82, 2.24) is 0 Å². The van der Waals surface area contributed by atoms with Crippen molar-refractivity contribution in [3.05, 3.63) is 52.7 Å². The summed E-state index contributed by atoms with van der Waals surface area (Å²) in [6.45, 7) is 0. The Labute approximate surface area is 59.0 Å². The number of quaternary nitrogens is 1. The SMILES string of the molecule is C1=CC=C[NH2+]C=C1.[N-]=[N+]=[N-]. The molecule has 0 radical (unpaired) electrons. The highest BCUT2D eigenvalue weighted by Gasteiger charge is 1.72. The Balaban J connectivity index is 0.000000236. The summed E-state index contributed by atoms with van der Waals surface area (Å²) in [4.78, 5) is 1.50. The zero-order valence-electron chi connectivity index (χ0n) is 5.38. The predicted octanol–water partition coefficient (Wildman–Crippen LogP) is 1.01. The Hall–Kier alpha value is -1.51. The Kier molecular flexibility index (Phi) is 6.36. The molecule has 0 saturated heterocycles. The summed E-state index contributed by atoms with van der Waals surface area (Å²) in [5.41, 5.74) is 13.5. The predicted molar refractivity (Wildman–Crippen MR) is 39.4 cm³/mol. The molecule has 0 amide bonds. The van der Waals surface area contributed by atoms with E-state index in [0.717, 1.165) is 0 Å². The second-order valence-corrected chi connectivity index (χ2v) is 1.44. The van der Waals surface area contributed by atoms with Crippen LogP contribution >= 0.6 is 0 Å². The first-order chi connectivity index (χ1) is 4.91. The molecule has 1 aliphatic rings. The third-order valence-corrected chi connectivity index (χ3v) is 0.778. The molecule has 0 aromatic heterocycles. The third kappa shape index (κ3) is 6.49. The molecule has 0 unspecified atom stereocenters. The molecule has 4 nitrogen and oxygen atoms in total. The first kappa shape index (κ1) is 8.49. The number of nitrogens with two attached hydrogens (primary N) is 1. The third-order valence-electron chi connectivity index (χ3n) is 0.778. The molecule has 1 heterocycles. The van der Waals surface area contributed by atoms with E-state index < -0.39 is 0 Å². The van der Waals surface area contributed by atoms with Crippen molar-refractivity contribution in [1.29, 1.82) is 0 Å². The van der Waals surface area contributed by atoms with Crippen LogP contribution in [0.3, 0.4) is 0 Å². The van der Waals surface area contributed by atoms with Gasteiger partial charge in [0.05, 0.1) is 12.4 Å². The van der Waals surface area contributed by atoms with Crippen LogP contribution in [0.25, 0.3) is 16.0 Å². The molecule has 10 heavy (non-hydrogen) atoms. The smallest absolute Gasteiger partial charge is 0.0971 e. The van der Waals surface area contributed by atoms with Crippen LogP contribution in [0.4, 0.5) is 0 Å². The Morgan fingerprint density at radius 1 is 0.900 bits per heavy atom. The Morgan fingerprint density at radius 2 is 1.30 bits per heavy atom. The molecule has 1 rings (SSSR count). The summed E-state index contributed by atoms with van der Waals surface area (Å²) < 4.78 is 0. The van der Waals surface area contributed by atoms with Gasteiger partial charge in [-0.15, -0.1) is 0 Å². The van der Waals surface area contributed by atoms with Crippen LogP contribution in [0.1, 0.15) is 0 Å². The maximum Gasteiger partial charge on any atom is 0.0971 e. The molecule has 0 atom stereocenters. The fourth-order valence-corrected chi connectivity index (χ4v) is 0.449. The molecule has 0 aliphatic carbocycles. The van der Waals surface area contributed by atoms with E-state index in [1.54, 1.807) is 0 Å². The first-order valence-electron chi connectivity index (χ1n) is 2.73. The molecule has 2 N–H and O–H groups in total. The van der Waals surface area contributed by atoms with E-state index in [4.69, 9.17) is 11.1 Å². The monoisotopic (exact) mass is 136 g/mol. The maximum absolute atomic E-state index is 6.75. The highest BCUT2D eigenvalue weighted by atomic mass is 15.0. The van der Waals surface area contributed by atoms with E-state index in [0.29, 0.717) is 0 Å². The van der Waals surface area contributed by atoms with E-state index in [1.807, 2.05) is 42.0 Å². The molecule has 1 aliphatic heterocycles. The van der Waals surface area contributed by atoms with Gasteiger partial charge in [-0.1, -0.05) is 12.2 Å². The van der Waals surface area contributed by atoms with Gasteiger partial charge in [-0.05, 0) is 12.2 Å². The van der Waals surface area contributed by atoms with Gasteiger partial charge in [-0.2, -0.15) is 0 Å². The van der Waals surface area contributed by atoms with Crippen LogP contribution in [0.5, 0.6) is 0 Å². The zero-order valence-corrected chi connectivity index (χ0v) is 5.38. The van der Waals surface area contributed by atoms with Crippen molar-refractivity contribution < 1.29 is 5.32 Å². The van der Waals surface area contributed by atoms with E-state index in [9.17, 15) is 0 Å². The molecule has 52 valence electrons. The minimum absolute atomic E-state index is 1.50. The molecule has 0 saturated carbocycles. The minimum Gasteiger partial charge on any atom is -0.373 e. The highest BCUT2D eigenvalue weighted by molar-refractivity contribution is 5.09. The lowest BCUT2D eigenvalue weighted by Crippen LogP contribution is -2.70. The van der Waals surface area contributed by atoms with Crippen LogP contribution < -0.4 is 5.32 Å².